The van der Waals surface area contributed by atoms with Gasteiger partial charge in [0.2, 0.25) is 0 Å². The molecular weight excluding hydrogens is 434 g/mol. The van der Waals surface area contributed by atoms with Crippen LogP contribution in [0.3, 0.4) is 0 Å². The maximum atomic E-state index is 13.6. The van der Waals surface area contributed by atoms with Crippen LogP contribution in [0.5, 0.6) is 0 Å². The molecule has 0 aromatic heterocycles. The third kappa shape index (κ3) is 4.24. The van der Waals surface area contributed by atoms with Crippen LogP contribution in [0.15, 0.2) is 90.6 Å². The van der Waals surface area contributed by atoms with Gasteiger partial charge in [-0.25, -0.2) is 0 Å². The first-order valence-electron chi connectivity index (χ1n) is 11.1. The predicted molar refractivity (Wildman–Crippen MR) is 131 cm³/mol. The minimum Gasteiger partial charge on any atom is -0.368 e. The Morgan fingerprint density at radius 3 is 1.88 bits per heavy atom. The lowest BCUT2D eigenvalue weighted by molar-refractivity contribution is -0.138. The van der Waals surface area contributed by atoms with Gasteiger partial charge in [-0.2, -0.15) is 0 Å². The molecule has 6 heteroatoms. The number of halogens is 1. The first-order valence-corrected chi connectivity index (χ1v) is 11.4. The van der Waals surface area contributed by atoms with E-state index in [0.29, 0.717) is 29.4 Å². The molecule has 0 radical (unpaired) electrons. The molecule has 2 heterocycles. The number of carbonyl (C=O) groups excluding carboxylic acids is 2. The highest BCUT2D eigenvalue weighted by Gasteiger charge is 2.42. The Labute approximate surface area is 198 Å². The normalized spacial score (nSPS) is 16.7. The van der Waals surface area contributed by atoms with Gasteiger partial charge in [-0.3, -0.25) is 14.5 Å². The van der Waals surface area contributed by atoms with Crippen LogP contribution in [0.1, 0.15) is 11.1 Å². The summed E-state index contributed by atoms with van der Waals surface area (Å²) in [5, 5.41) is 0.623. The van der Waals surface area contributed by atoms with Gasteiger partial charge in [0, 0.05) is 36.9 Å². The molecule has 3 aromatic carbocycles. The molecular formula is C27H24ClN3O2. The molecule has 2 amide bonds. The molecule has 0 aliphatic carbocycles. The number of carbonyl (C=O) groups is 2. The van der Waals surface area contributed by atoms with Crippen LogP contribution in [0.2, 0.25) is 5.02 Å². The van der Waals surface area contributed by atoms with Crippen molar-refractivity contribution in [1.29, 1.82) is 0 Å². The Morgan fingerprint density at radius 1 is 0.667 bits per heavy atom. The standard InChI is InChI=1S/C27H24ClN3O2/c28-22-13-11-20(12-14-22)19-31-26(32)24(21-7-3-1-4-8-21)25(27(31)33)30-17-15-29(16-18-30)23-9-5-2-6-10-23/h1-14H,15-19H2. The van der Waals surface area contributed by atoms with Crippen molar-refractivity contribution in [1.82, 2.24) is 9.80 Å². The van der Waals surface area contributed by atoms with Gasteiger partial charge in [0.15, 0.2) is 0 Å². The SMILES string of the molecule is O=C1C(c2ccccc2)=C(N2CCN(c3ccccc3)CC2)C(=O)N1Cc1ccc(Cl)cc1. The molecule has 3 aromatic rings. The van der Waals surface area contributed by atoms with Crippen molar-refractivity contribution in [3.63, 3.8) is 0 Å². The van der Waals surface area contributed by atoms with E-state index in [2.05, 4.69) is 21.9 Å². The van der Waals surface area contributed by atoms with E-state index in [1.54, 1.807) is 12.1 Å². The van der Waals surface area contributed by atoms with Crippen LogP contribution < -0.4 is 4.90 Å². The number of benzene rings is 3. The van der Waals surface area contributed by atoms with Crippen LogP contribution in [0.4, 0.5) is 5.69 Å². The number of rotatable bonds is 5. The fourth-order valence-corrected chi connectivity index (χ4v) is 4.59. The lowest BCUT2D eigenvalue weighted by Gasteiger charge is -2.37. The number of imide groups is 1. The third-order valence-corrected chi connectivity index (χ3v) is 6.43. The Hall–Kier alpha value is -3.57. The molecule has 166 valence electrons. The summed E-state index contributed by atoms with van der Waals surface area (Å²) in [4.78, 5) is 32.8. The van der Waals surface area contributed by atoms with Crippen molar-refractivity contribution in [3.8, 4) is 0 Å². The smallest absolute Gasteiger partial charge is 0.278 e. The molecule has 0 saturated carbocycles. The van der Waals surface area contributed by atoms with Crippen molar-refractivity contribution >= 4 is 34.7 Å². The lowest BCUT2D eigenvalue weighted by atomic mass is 10.0. The molecule has 0 N–H and O–H groups in total. The Kier molecular flexibility index (Phi) is 5.88. The molecule has 5 nitrogen and oxygen atoms in total. The summed E-state index contributed by atoms with van der Waals surface area (Å²) >= 11 is 6.00. The number of para-hydroxylation sites is 1. The second-order valence-corrected chi connectivity index (χ2v) is 8.66. The summed E-state index contributed by atoms with van der Waals surface area (Å²) in [6.45, 7) is 3.14. The zero-order chi connectivity index (χ0) is 22.8. The summed E-state index contributed by atoms with van der Waals surface area (Å²) in [6, 6.07) is 27.0. The van der Waals surface area contributed by atoms with Gasteiger partial charge < -0.3 is 9.80 Å². The summed E-state index contributed by atoms with van der Waals surface area (Å²) in [7, 11) is 0. The average molecular weight is 458 g/mol. The molecule has 0 unspecified atom stereocenters. The zero-order valence-electron chi connectivity index (χ0n) is 18.2. The third-order valence-electron chi connectivity index (χ3n) is 6.18. The van der Waals surface area contributed by atoms with Gasteiger partial charge in [0.05, 0.1) is 12.1 Å². The van der Waals surface area contributed by atoms with Gasteiger partial charge in [-0.15, -0.1) is 0 Å². The molecule has 0 atom stereocenters. The van der Waals surface area contributed by atoms with Gasteiger partial charge in [-0.05, 0) is 35.4 Å². The van der Waals surface area contributed by atoms with E-state index in [9.17, 15) is 9.59 Å². The van der Waals surface area contributed by atoms with E-state index in [1.807, 2.05) is 60.7 Å². The summed E-state index contributed by atoms with van der Waals surface area (Å²) < 4.78 is 0. The molecule has 2 aliphatic rings. The minimum absolute atomic E-state index is 0.221. The predicted octanol–water partition coefficient (Wildman–Crippen LogP) is 4.44. The number of hydrogen-bond donors (Lipinski definition) is 0. The Morgan fingerprint density at radius 2 is 1.24 bits per heavy atom. The molecule has 1 fully saturated rings. The molecule has 33 heavy (non-hydrogen) atoms. The lowest BCUT2D eigenvalue weighted by Crippen LogP contribution is -2.47. The fraction of sp³-hybridized carbons (Fsp3) is 0.185. The first kappa shape index (κ1) is 21.3. The molecule has 1 saturated heterocycles. The van der Waals surface area contributed by atoms with Crippen LogP contribution >= 0.6 is 11.6 Å². The van der Waals surface area contributed by atoms with E-state index in [0.717, 1.165) is 24.2 Å². The maximum absolute atomic E-state index is 13.6. The van der Waals surface area contributed by atoms with E-state index in [4.69, 9.17) is 11.6 Å². The zero-order valence-corrected chi connectivity index (χ0v) is 18.9. The second kappa shape index (κ2) is 9.12. The van der Waals surface area contributed by atoms with Crippen LogP contribution in [-0.4, -0.2) is 47.8 Å². The van der Waals surface area contributed by atoms with Crippen LogP contribution in [0.25, 0.3) is 5.57 Å². The molecule has 0 bridgehead atoms. The average Bonchev–Trinajstić information content (AvgIpc) is 3.11. The van der Waals surface area contributed by atoms with Crippen molar-refractivity contribution in [3.05, 3.63) is 107 Å². The summed E-state index contributed by atoms with van der Waals surface area (Å²) in [6.07, 6.45) is 0. The van der Waals surface area contributed by atoms with E-state index < -0.39 is 0 Å². The van der Waals surface area contributed by atoms with Gasteiger partial charge in [0.25, 0.3) is 11.8 Å². The molecule has 2 aliphatic heterocycles. The summed E-state index contributed by atoms with van der Waals surface area (Å²) in [5.41, 5.74) is 3.81. The van der Waals surface area contributed by atoms with E-state index >= 15 is 0 Å². The molecule has 5 rings (SSSR count). The van der Waals surface area contributed by atoms with Gasteiger partial charge >= 0.3 is 0 Å². The van der Waals surface area contributed by atoms with E-state index in [1.165, 1.54) is 10.6 Å². The van der Waals surface area contributed by atoms with Crippen LogP contribution in [0, 0.1) is 0 Å². The van der Waals surface area contributed by atoms with Gasteiger partial charge in [-0.1, -0.05) is 72.3 Å². The van der Waals surface area contributed by atoms with Crippen LogP contribution in [-0.2, 0) is 16.1 Å². The summed E-state index contributed by atoms with van der Waals surface area (Å²) in [5.74, 6) is -0.483. The number of piperazine rings is 1. The first-order chi connectivity index (χ1) is 16.1. The van der Waals surface area contributed by atoms with Crippen molar-refractivity contribution in [2.45, 2.75) is 6.54 Å². The van der Waals surface area contributed by atoms with Crippen molar-refractivity contribution in [2.75, 3.05) is 31.1 Å². The Bertz CT molecular complexity index is 1190. The highest BCUT2D eigenvalue weighted by molar-refractivity contribution is 6.35. The quantitative estimate of drug-likeness (QED) is 0.531. The van der Waals surface area contributed by atoms with Crippen molar-refractivity contribution < 1.29 is 9.59 Å². The number of amides is 2. The fourth-order valence-electron chi connectivity index (χ4n) is 4.46. The highest BCUT2D eigenvalue weighted by atomic mass is 35.5. The van der Waals surface area contributed by atoms with E-state index in [-0.39, 0.29) is 18.4 Å². The highest BCUT2D eigenvalue weighted by Crippen LogP contribution is 2.33. The molecule has 0 spiro atoms. The topological polar surface area (TPSA) is 43.9 Å². The number of anilines is 1. The monoisotopic (exact) mass is 457 g/mol. The number of hydrogen-bond acceptors (Lipinski definition) is 4. The van der Waals surface area contributed by atoms with Crippen molar-refractivity contribution in [2.24, 2.45) is 0 Å². The Balaban J connectivity index is 1.43. The largest absolute Gasteiger partial charge is 0.368 e. The number of nitrogens with zero attached hydrogens (tertiary/aromatic N) is 3. The minimum atomic E-state index is -0.248. The van der Waals surface area contributed by atoms with Gasteiger partial charge in [0.1, 0.15) is 5.70 Å². The maximum Gasteiger partial charge on any atom is 0.278 e. The second-order valence-electron chi connectivity index (χ2n) is 8.22.